The SMILES string of the molecule is C=C(C)C(=O)OCc1cc(-c2ccc(-c3ccc([Si](C)(C)CCCC)cc3)cc2)cc(COC(=O)C(C)C)c1OCC1(CCC)CCC1. The minimum absolute atomic E-state index is 0.0309. The zero-order valence-corrected chi connectivity index (χ0v) is 31.4. The van der Waals surface area contributed by atoms with Crippen LogP contribution in [0.1, 0.15) is 90.7 Å². The lowest BCUT2D eigenvalue weighted by molar-refractivity contribution is -0.148. The lowest BCUT2D eigenvalue weighted by Gasteiger charge is -2.41. The molecule has 1 fully saturated rings. The van der Waals surface area contributed by atoms with E-state index in [0.29, 0.717) is 17.9 Å². The second-order valence-electron chi connectivity index (χ2n) is 14.8. The summed E-state index contributed by atoms with van der Waals surface area (Å²) in [5, 5.41) is 1.50. The van der Waals surface area contributed by atoms with E-state index < -0.39 is 14.0 Å². The van der Waals surface area contributed by atoms with Gasteiger partial charge in [-0.25, -0.2) is 4.79 Å². The summed E-state index contributed by atoms with van der Waals surface area (Å²) >= 11 is 0. The molecule has 3 aromatic carbocycles. The molecule has 6 heteroatoms. The second-order valence-corrected chi connectivity index (χ2v) is 19.6. The van der Waals surface area contributed by atoms with Crippen molar-refractivity contribution in [1.82, 2.24) is 0 Å². The highest BCUT2D eigenvalue weighted by atomic mass is 28.3. The molecule has 0 aromatic heterocycles. The maximum absolute atomic E-state index is 12.6. The van der Waals surface area contributed by atoms with Gasteiger partial charge in [0.15, 0.2) is 0 Å². The fourth-order valence-corrected chi connectivity index (χ4v) is 9.13. The van der Waals surface area contributed by atoms with Crippen molar-refractivity contribution in [1.29, 1.82) is 0 Å². The average molecular weight is 669 g/mol. The Hall–Kier alpha value is -3.64. The van der Waals surface area contributed by atoms with Crippen molar-refractivity contribution in [3.8, 4) is 28.0 Å². The zero-order chi connectivity index (χ0) is 34.9. The van der Waals surface area contributed by atoms with E-state index in [9.17, 15) is 9.59 Å². The van der Waals surface area contributed by atoms with E-state index in [4.69, 9.17) is 14.2 Å². The van der Waals surface area contributed by atoms with Crippen molar-refractivity contribution in [2.45, 2.75) is 112 Å². The average Bonchev–Trinajstić information content (AvgIpc) is 3.06. The molecule has 258 valence electrons. The Morgan fingerprint density at radius 3 is 1.85 bits per heavy atom. The summed E-state index contributed by atoms with van der Waals surface area (Å²) in [6.07, 6.45) is 8.23. The molecule has 0 amide bonds. The number of rotatable bonds is 17. The third-order valence-corrected chi connectivity index (χ3v) is 13.4. The van der Waals surface area contributed by atoms with Gasteiger partial charge < -0.3 is 14.2 Å². The Balaban J connectivity index is 1.68. The van der Waals surface area contributed by atoms with Crippen molar-refractivity contribution >= 4 is 25.2 Å². The topological polar surface area (TPSA) is 61.8 Å². The first kappa shape index (κ1) is 37.2. The fourth-order valence-electron chi connectivity index (χ4n) is 6.53. The molecule has 0 heterocycles. The molecule has 3 aromatic rings. The molecule has 1 saturated carbocycles. The van der Waals surface area contributed by atoms with Crippen LogP contribution in [0.2, 0.25) is 19.1 Å². The number of carbonyl (C=O) groups excluding carboxylic acids is 2. The highest BCUT2D eigenvalue weighted by Gasteiger charge is 2.37. The van der Waals surface area contributed by atoms with Crippen LogP contribution in [-0.2, 0) is 32.3 Å². The van der Waals surface area contributed by atoms with Crippen LogP contribution in [0.3, 0.4) is 0 Å². The smallest absolute Gasteiger partial charge is 0.333 e. The van der Waals surface area contributed by atoms with Gasteiger partial charge in [-0.1, -0.05) is 133 Å². The van der Waals surface area contributed by atoms with Gasteiger partial charge in [0.05, 0.1) is 20.6 Å². The van der Waals surface area contributed by atoms with Gasteiger partial charge in [-0.3, -0.25) is 4.79 Å². The Kier molecular flexibility index (Phi) is 12.9. The first-order valence-electron chi connectivity index (χ1n) is 17.9. The highest BCUT2D eigenvalue weighted by molar-refractivity contribution is 6.89. The van der Waals surface area contributed by atoms with Crippen LogP contribution in [0, 0.1) is 11.3 Å². The molecule has 1 aliphatic carbocycles. The molecule has 0 unspecified atom stereocenters. The number of unbranched alkanes of at least 4 members (excludes halogenated alkanes) is 1. The Morgan fingerprint density at radius 1 is 0.833 bits per heavy atom. The molecule has 0 radical (unpaired) electrons. The van der Waals surface area contributed by atoms with Crippen molar-refractivity contribution in [2.24, 2.45) is 11.3 Å². The number of hydrogen-bond donors (Lipinski definition) is 0. The predicted molar refractivity (Wildman–Crippen MR) is 200 cm³/mol. The quantitative estimate of drug-likeness (QED) is 0.0814. The molecule has 0 N–H and O–H groups in total. The molecule has 5 nitrogen and oxygen atoms in total. The number of carbonyl (C=O) groups is 2. The molecule has 0 spiro atoms. The van der Waals surface area contributed by atoms with Crippen LogP contribution in [0.5, 0.6) is 5.75 Å². The predicted octanol–water partition coefficient (Wildman–Crippen LogP) is 10.4. The van der Waals surface area contributed by atoms with Gasteiger partial charge in [0.2, 0.25) is 0 Å². The number of hydrogen-bond acceptors (Lipinski definition) is 5. The van der Waals surface area contributed by atoms with E-state index in [1.54, 1.807) is 6.92 Å². The van der Waals surface area contributed by atoms with Crippen molar-refractivity contribution in [2.75, 3.05) is 6.61 Å². The molecule has 0 atom stereocenters. The third-order valence-electron chi connectivity index (χ3n) is 9.88. The monoisotopic (exact) mass is 668 g/mol. The van der Waals surface area contributed by atoms with Gasteiger partial charge >= 0.3 is 11.9 Å². The number of esters is 2. The first-order chi connectivity index (χ1) is 22.9. The molecule has 0 saturated heterocycles. The molecule has 0 aliphatic heterocycles. The van der Waals surface area contributed by atoms with Crippen LogP contribution in [0.15, 0.2) is 72.8 Å². The van der Waals surface area contributed by atoms with Crippen molar-refractivity contribution in [3.63, 3.8) is 0 Å². The molecule has 4 rings (SSSR count). The van der Waals surface area contributed by atoms with Gasteiger partial charge in [-0.2, -0.15) is 0 Å². The molecule has 0 bridgehead atoms. The lowest BCUT2D eigenvalue weighted by atomic mass is 9.67. The fraction of sp³-hybridized carbons (Fsp3) is 0.476. The van der Waals surface area contributed by atoms with Crippen LogP contribution in [0.4, 0.5) is 0 Å². The minimum atomic E-state index is -1.43. The second kappa shape index (κ2) is 16.6. The number of benzene rings is 3. The Bertz CT molecular complexity index is 1550. The largest absolute Gasteiger partial charge is 0.492 e. The summed E-state index contributed by atoms with van der Waals surface area (Å²) in [4.78, 5) is 25.0. The standard InChI is InChI=1S/C42H56O5Si/c1-9-11-24-48(7,8)38-19-17-33(18-20-38)32-13-15-34(16-14-32)35-25-36(27-45-40(43)30(3)4)39(37(26-35)28-46-41(44)31(5)6)47-29-42(21-10-2)22-12-23-42/h13-20,25-26,31H,3,9-12,21-24,27-29H2,1-2,4-8H3. The molecule has 1 aliphatic rings. The number of ether oxygens (including phenoxy) is 3. The third kappa shape index (κ3) is 9.49. The summed E-state index contributed by atoms with van der Waals surface area (Å²) in [6.45, 7) is 19.1. The van der Waals surface area contributed by atoms with E-state index in [2.05, 4.69) is 82.1 Å². The van der Waals surface area contributed by atoms with Gasteiger partial charge in [-0.05, 0) is 60.6 Å². The summed E-state index contributed by atoms with van der Waals surface area (Å²) in [5.41, 5.74) is 6.32. The van der Waals surface area contributed by atoms with Crippen LogP contribution < -0.4 is 9.92 Å². The maximum atomic E-state index is 12.6. The van der Waals surface area contributed by atoms with Crippen molar-refractivity contribution in [3.05, 3.63) is 83.9 Å². The summed E-state index contributed by atoms with van der Waals surface area (Å²) in [6, 6.07) is 23.1. The van der Waals surface area contributed by atoms with Gasteiger partial charge in [-0.15, -0.1) is 0 Å². The van der Waals surface area contributed by atoms with E-state index in [-0.39, 0.29) is 30.5 Å². The van der Waals surface area contributed by atoms with Crippen LogP contribution in [0.25, 0.3) is 22.3 Å². The normalized spacial score (nSPS) is 13.9. The van der Waals surface area contributed by atoms with Crippen molar-refractivity contribution < 1.29 is 23.8 Å². The van der Waals surface area contributed by atoms with Gasteiger partial charge in [0.1, 0.15) is 19.0 Å². The summed E-state index contributed by atoms with van der Waals surface area (Å²) in [7, 11) is -1.43. The first-order valence-corrected chi connectivity index (χ1v) is 21.1. The van der Waals surface area contributed by atoms with Gasteiger partial charge in [0, 0.05) is 22.1 Å². The van der Waals surface area contributed by atoms with E-state index >= 15 is 0 Å². The van der Waals surface area contributed by atoms with Crippen LogP contribution >= 0.6 is 0 Å². The highest BCUT2D eigenvalue weighted by Crippen LogP contribution is 2.46. The van der Waals surface area contributed by atoms with E-state index in [1.807, 2.05) is 26.0 Å². The van der Waals surface area contributed by atoms with E-state index in [1.165, 1.54) is 36.1 Å². The maximum Gasteiger partial charge on any atom is 0.333 e. The van der Waals surface area contributed by atoms with Gasteiger partial charge in [0.25, 0.3) is 0 Å². The van der Waals surface area contributed by atoms with E-state index in [0.717, 1.165) is 53.5 Å². The van der Waals surface area contributed by atoms with Crippen LogP contribution in [-0.4, -0.2) is 26.6 Å². The minimum Gasteiger partial charge on any atom is -0.492 e. The lowest BCUT2D eigenvalue weighted by Crippen LogP contribution is -2.40. The zero-order valence-electron chi connectivity index (χ0n) is 30.4. The Morgan fingerprint density at radius 2 is 1.38 bits per heavy atom. The summed E-state index contributed by atoms with van der Waals surface area (Å²) < 4.78 is 18.1. The summed E-state index contributed by atoms with van der Waals surface area (Å²) in [5.74, 6) is -0.334. The Labute approximate surface area is 290 Å². The molecular formula is C42H56O5Si. The molecular weight excluding hydrogens is 613 g/mol. The molecule has 48 heavy (non-hydrogen) atoms.